The van der Waals surface area contributed by atoms with Crippen molar-refractivity contribution in [3.63, 3.8) is 0 Å². The average molecular weight is 248 g/mol. The summed E-state index contributed by atoms with van der Waals surface area (Å²) in [6.07, 6.45) is -5.61. The zero-order valence-electron chi connectivity index (χ0n) is 9.81. The molecule has 0 aromatic rings. The molecule has 0 aromatic carbocycles. The van der Waals surface area contributed by atoms with Gasteiger partial charge in [-0.2, -0.15) is 0 Å². The highest BCUT2D eigenvalue weighted by Gasteiger charge is 2.42. The first-order valence-electron chi connectivity index (χ1n) is 5.49. The molecule has 5 atom stereocenters. The van der Waals surface area contributed by atoms with Crippen LogP contribution < -0.4 is 5.11 Å². The molecule has 0 saturated carbocycles. The van der Waals surface area contributed by atoms with Crippen molar-refractivity contribution in [3.05, 3.63) is 0 Å². The fourth-order valence-electron chi connectivity index (χ4n) is 2.04. The van der Waals surface area contributed by atoms with E-state index in [1.54, 1.807) is 6.92 Å². The Labute approximate surface area is 99.2 Å². The van der Waals surface area contributed by atoms with Gasteiger partial charge in [-0.1, -0.05) is 0 Å². The molecule has 1 saturated heterocycles. The molecule has 1 rings (SSSR count). The molecule has 1 aliphatic rings. The van der Waals surface area contributed by atoms with E-state index in [1.165, 1.54) is 6.92 Å². The highest BCUT2D eigenvalue weighted by Crippen LogP contribution is 2.22. The minimum atomic E-state index is -1.69. The molecular formula is C10H18NO6-. The summed E-state index contributed by atoms with van der Waals surface area (Å²) in [4.78, 5) is 12.5. The normalized spacial score (nSPS) is 37.9. The first kappa shape index (κ1) is 14.3. The van der Waals surface area contributed by atoms with Crippen LogP contribution in [-0.4, -0.2) is 69.9 Å². The van der Waals surface area contributed by atoms with E-state index in [4.69, 9.17) is 9.84 Å². The maximum atomic E-state index is 11.7. The summed E-state index contributed by atoms with van der Waals surface area (Å²) in [7, 11) is 0. The third kappa shape index (κ3) is 2.75. The van der Waals surface area contributed by atoms with E-state index in [9.17, 15) is 20.1 Å². The Morgan fingerprint density at radius 1 is 1.41 bits per heavy atom. The first-order chi connectivity index (χ1) is 7.93. The van der Waals surface area contributed by atoms with Crippen LogP contribution in [0.15, 0.2) is 0 Å². The number of likely N-dealkylation sites (N-methyl/N-ethyl adjacent to an activating group) is 1. The second kappa shape index (κ2) is 5.74. The van der Waals surface area contributed by atoms with Crippen molar-refractivity contribution in [2.45, 2.75) is 44.5 Å². The van der Waals surface area contributed by atoms with E-state index < -0.39 is 37.3 Å². The zero-order chi connectivity index (χ0) is 13.2. The fourth-order valence-corrected chi connectivity index (χ4v) is 2.04. The number of rotatable bonds is 3. The Bertz CT molecular complexity index is 274. The van der Waals surface area contributed by atoms with Gasteiger partial charge in [0.15, 0.2) is 0 Å². The van der Waals surface area contributed by atoms with Crippen molar-refractivity contribution in [2.75, 3.05) is 13.2 Å². The van der Waals surface area contributed by atoms with Gasteiger partial charge in [0.25, 0.3) is 0 Å². The number of hydrogen-bond donors (Lipinski definition) is 3. The maximum absolute atomic E-state index is 11.7. The molecule has 0 bridgehead atoms. The van der Waals surface area contributed by atoms with Gasteiger partial charge >= 0.3 is 0 Å². The number of amides is 1. The zero-order valence-corrected chi connectivity index (χ0v) is 9.81. The van der Waals surface area contributed by atoms with E-state index in [0.717, 1.165) is 4.90 Å². The van der Waals surface area contributed by atoms with Gasteiger partial charge in [-0.3, -0.25) is 4.79 Å². The quantitative estimate of drug-likeness (QED) is 0.491. The van der Waals surface area contributed by atoms with Crippen molar-refractivity contribution in [3.8, 4) is 0 Å². The third-order valence-electron chi connectivity index (χ3n) is 2.95. The number of carbonyl (C=O) groups excluding carboxylic acids is 1. The van der Waals surface area contributed by atoms with Crippen LogP contribution in [-0.2, 0) is 9.53 Å². The molecule has 1 fully saturated rings. The number of hydrogen-bond acceptors (Lipinski definition) is 6. The number of aliphatic hydroxyl groups excluding tert-OH is 3. The number of aliphatic hydroxyl groups is 3. The summed E-state index contributed by atoms with van der Waals surface area (Å²) in [6, 6.07) is -1.14. The highest BCUT2D eigenvalue weighted by molar-refractivity contribution is 5.73. The monoisotopic (exact) mass is 248 g/mol. The van der Waals surface area contributed by atoms with Crippen molar-refractivity contribution in [1.29, 1.82) is 0 Å². The van der Waals surface area contributed by atoms with Crippen LogP contribution in [0.1, 0.15) is 13.8 Å². The van der Waals surface area contributed by atoms with Gasteiger partial charge in [-0.15, -0.1) is 0 Å². The van der Waals surface area contributed by atoms with Gasteiger partial charge in [0.1, 0.15) is 18.3 Å². The Kier molecular flexibility index (Phi) is 4.84. The van der Waals surface area contributed by atoms with Crippen LogP contribution in [0, 0.1) is 0 Å². The fraction of sp³-hybridized carbons (Fsp3) is 0.900. The summed E-state index contributed by atoms with van der Waals surface area (Å²) < 4.78 is 4.85. The molecule has 100 valence electrons. The highest BCUT2D eigenvalue weighted by atomic mass is 16.6. The average Bonchev–Trinajstić information content (AvgIpc) is 2.28. The van der Waals surface area contributed by atoms with Crippen molar-refractivity contribution >= 4 is 5.91 Å². The molecule has 7 nitrogen and oxygen atoms in total. The molecule has 7 heteroatoms. The second-order valence-corrected chi connectivity index (χ2v) is 4.00. The molecule has 0 aliphatic carbocycles. The Morgan fingerprint density at radius 3 is 2.41 bits per heavy atom. The summed E-state index contributed by atoms with van der Waals surface area (Å²) in [5.74, 6) is -0.379. The van der Waals surface area contributed by atoms with E-state index in [2.05, 4.69) is 0 Å². The van der Waals surface area contributed by atoms with Crippen LogP contribution in [0.3, 0.4) is 0 Å². The number of ether oxygens (including phenoxy) is 1. The maximum Gasteiger partial charge on any atom is 0.219 e. The standard InChI is InChI=1S/C10H18NO6/c1-3-11(5(2)13)7-9(15)8(14)6(4-12)17-10(7)16/h6-10,12,14-15H,3-4H2,1-2H3/q-1/t6-,7-,8-,9-,10-/m1/s1. The topological polar surface area (TPSA) is 113 Å². The van der Waals surface area contributed by atoms with Crippen molar-refractivity contribution in [1.82, 2.24) is 4.90 Å². The summed E-state index contributed by atoms with van der Waals surface area (Å²) in [6.45, 7) is 2.60. The Morgan fingerprint density at radius 2 is 2.00 bits per heavy atom. The lowest BCUT2D eigenvalue weighted by molar-refractivity contribution is -0.525. The lowest BCUT2D eigenvalue weighted by Gasteiger charge is -2.49. The van der Waals surface area contributed by atoms with Gasteiger partial charge in [0, 0.05) is 19.8 Å². The number of carbonyl (C=O) groups is 1. The first-order valence-corrected chi connectivity index (χ1v) is 5.49. The molecule has 1 amide bonds. The van der Waals surface area contributed by atoms with E-state index >= 15 is 0 Å². The molecule has 0 radical (unpaired) electrons. The predicted molar refractivity (Wildman–Crippen MR) is 54.6 cm³/mol. The molecule has 1 aliphatic heterocycles. The molecule has 17 heavy (non-hydrogen) atoms. The third-order valence-corrected chi connectivity index (χ3v) is 2.95. The Hall–Kier alpha value is -0.730. The summed E-state index contributed by atoms with van der Waals surface area (Å²) in [5, 5.41) is 40.0. The molecular weight excluding hydrogens is 230 g/mol. The van der Waals surface area contributed by atoms with Gasteiger partial charge < -0.3 is 30.1 Å². The van der Waals surface area contributed by atoms with E-state index in [0.29, 0.717) is 0 Å². The van der Waals surface area contributed by atoms with Crippen LogP contribution in [0.5, 0.6) is 0 Å². The van der Waals surface area contributed by atoms with Crippen molar-refractivity contribution in [2.24, 2.45) is 0 Å². The van der Waals surface area contributed by atoms with E-state index in [1.807, 2.05) is 0 Å². The molecule has 0 unspecified atom stereocenters. The molecule has 1 heterocycles. The molecule has 0 spiro atoms. The van der Waals surface area contributed by atoms with Gasteiger partial charge in [0.2, 0.25) is 5.91 Å². The van der Waals surface area contributed by atoms with Crippen LogP contribution in [0.25, 0.3) is 0 Å². The van der Waals surface area contributed by atoms with E-state index in [-0.39, 0.29) is 12.5 Å². The predicted octanol–water partition coefficient (Wildman–Crippen LogP) is -2.98. The molecule has 3 N–H and O–H groups in total. The van der Waals surface area contributed by atoms with Crippen molar-refractivity contribution < 1.29 is 30.0 Å². The van der Waals surface area contributed by atoms with Crippen LogP contribution in [0.2, 0.25) is 0 Å². The van der Waals surface area contributed by atoms with Crippen LogP contribution in [0.4, 0.5) is 0 Å². The molecule has 0 aromatic heterocycles. The van der Waals surface area contributed by atoms with Gasteiger partial charge in [0.05, 0.1) is 12.6 Å². The van der Waals surface area contributed by atoms with Crippen LogP contribution >= 0.6 is 0 Å². The SMILES string of the molecule is CCN(C(C)=O)[C@@H]1[C@@H](O)[C@H](O)[C@@H](CO)O[C@H]1[O-]. The van der Waals surface area contributed by atoms with Gasteiger partial charge in [-0.05, 0) is 6.92 Å². The lowest BCUT2D eigenvalue weighted by atomic mass is 9.95. The lowest BCUT2D eigenvalue weighted by Crippen LogP contribution is -2.68. The van der Waals surface area contributed by atoms with Gasteiger partial charge in [-0.25, -0.2) is 0 Å². The minimum absolute atomic E-state index is 0.232. The largest absolute Gasteiger partial charge is 0.829 e. The Balaban J connectivity index is 2.88. The number of nitrogens with zero attached hydrogens (tertiary/aromatic N) is 1. The smallest absolute Gasteiger partial charge is 0.219 e. The summed E-state index contributed by atoms with van der Waals surface area (Å²) >= 11 is 0. The minimum Gasteiger partial charge on any atom is -0.829 e. The summed E-state index contributed by atoms with van der Waals surface area (Å²) in [5.41, 5.74) is 0. The second-order valence-electron chi connectivity index (χ2n) is 4.00.